The largest absolute Gasteiger partial charge is 0.462 e. The van der Waals surface area contributed by atoms with Crippen LogP contribution in [0.25, 0.3) is 22.3 Å². The van der Waals surface area contributed by atoms with Gasteiger partial charge in [0.15, 0.2) is 5.43 Å². The van der Waals surface area contributed by atoms with E-state index in [0.29, 0.717) is 28.0 Å². The molecule has 126 valence electrons. The Balaban J connectivity index is 2.10. The van der Waals surface area contributed by atoms with Crippen molar-refractivity contribution < 1.29 is 18.7 Å². The van der Waals surface area contributed by atoms with Gasteiger partial charge in [0.2, 0.25) is 0 Å². The van der Waals surface area contributed by atoms with Crippen molar-refractivity contribution in [2.24, 2.45) is 0 Å². The first kappa shape index (κ1) is 16.4. The van der Waals surface area contributed by atoms with Crippen LogP contribution in [0.3, 0.4) is 0 Å². The van der Waals surface area contributed by atoms with Crippen LogP contribution in [0.4, 0.5) is 5.69 Å². The third kappa shape index (κ3) is 3.14. The summed E-state index contributed by atoms with van der Waals surface area (Å²) < 4.78 is 10.3. The molecule has 0 aliphatic carbocycles. The standard InChI is InChI=1S/C19H15NO5/c1-11-16(21)14-9-8-13(20-18(22)19(23)24-2)10-15(14)25-17(11)12-6-4-3-5-7-12/h3-10H,1-2H3,(H,20,22). The molecule has 0 aliphatic heterocycles. The van der Waals surface area contributed by atoms with Gasteiger partial charge in [-0.1, -0.05) is 30.3 Å². The number of carbonyl (C=O) groups excluding carboxylic acids is 2. The van der Waals surface area contributed by atoms with Crippen LogP contribution in [-0.2, 0) is 14.3 Å². The molecular weight excluding hydrogens is 322 g/mol. The van der Waals surface area contributed by atoms with E-state index in [-0.39, 0.29) is 5.43 Å². The summed E-state index contributed by atoms with van der Waals surface area (Å²) in [6.07, 6.45) is 0. The summed E-state index contributed by atoms with van der Waals surface area (Å²) in [7, 11) is 1.12. The van der Waals surface area contributed by atoms with Gasteiger partial charge in [-0.3, -0.25) is 9.59 Å². The van der Waals surface area contributed by atoms with E-state index in [9.17, 15) is 14.4 Å². The summed E-state index contributed by atoms with van der Waals surface area (Å²) >= 11 is 0. The number of ether oxygens (including phenoxy) is 1. The molecule has 0 radical (unpaired) electrons. The molecule has 1 heterocycles. The van der Waals surface area contributed by atoms with Gasteiger partial charge in [-0.25, -0.2) is 4.79 Å². The van der Waals surface area contributed by atoms with Crippen LogP contribution in [0, 0.1) is 6.92 Å². The second kappa shape index (κ2) is 6.60. The SMILES string of the molecule is COC(=O)C(=O)Nc1ccc2c(=O)c(C)c(-c3ccccc3)oc2c1. The summed E-state index contributed by atoms with van der Waals surface area (Å²) in [6.45, 7) is 1.71. The Labute approximate surface area is 143 Å². The van der Waals surface area contributed by atoms with Gasteiger partial charge in [0.1, 0.15) is 11.3 Å². The van der Waals surface area contributed by atoms with Crippen molar-refractivity contribution in [3.8, 4) is 11.3 Å². The van der Waals surface area contributed by atoms with Crippen LogP contribution in [0.5, 0.6) is 0 Å². The number of hydrogen-bond acceptors (Lipinski definition) is 5. The molecule has 3 rings (SSSR count). The lowest BCUT2D eigenvalue weighted by atomic mass is 10.1. The summed E-state index contributed by atoms with van der Waals surface area (Å²) in [6, 6.07) is 13.9. The van der Waals surface area contributed by atoms with E-state index >= 15 is 0 Å². The third-order valence-corrected chi connectivity index (χ3v) is 3.78. The first-order valence-corrected chi connectivity index (χ1v) is 7.53. The molecule has 0 atom stereocenters. The van der Waals surface area contributed by atoms with Crippen LogP contribution >= 0.6 is 0 Å². The van der Waals surface area contributed by atoms with Crippen molar-refractivity contribution in [2.45, 2.75) is 6.92 Å². The predicted molar refractivity (Wildman–Crippen MR) is 93.3 cm³/mol. The molecule has 2 aromatic carbocycles. The quantitative estimate of drug-likeness (QED) is 0.574. The van der Waals surface area contributed by atoms with Crippen LogP contribution in [0.2, 0.25) is 0 Å². The Morgan fingerprint density at radius 1 is 1.08 bits per heavy atom. The maximum absolute atomic E-state index is 12.6. The molecule has 0 spiro atoms. The predicted octanol–water partition coefficient (Wildman–Crippen LogP) is 2.88. The number of methoxy groups -OCH3 is 1. The summed E-state index contributed by atoms with van der Waals surface area (Å²) in [5.74, 6) is -1.44. The van der Waals surface area contributed by atoms with E-state index in [1.807, 2.05) is 30.3 Å². The number of esters is 1. The molecule has 6 nitrogen and oxygen atoms in total. The fourth-order valence-electron chi connectivity index (χ4n) is 2.50. The van der Waals surface area contributed by atoms with Gasteiger partial charge in [-0.2, -0.15) is 0 Å². The van der Waals surface area contributed by atoms with Crippen LogP contribution in [0.15, 0.2) is 57.7 Å². The number of anilines is 1. The van der Waals surface area contributed by atoms with Gasteiger partial charge in [0.25, 0.3) is 0 Å². The monoisotopic (exact) mass is 337 g/mol. The molecule has 1 amide bonds. The summed E-state index contributed by atoms with van der Waals surface area (Å²) in [5, 5.41) is 2.80. The molecule has 6 heteroatoms. The lowest BCUT2D eigenvalue weighted by Gasteiger charge is -2.09. The van der Waals surface area contributed by atoms with Gasteiger partial charge in [-0.15, -0.1) is 0 Å². The van der Waals surface area contributed by atoms with Crippen LogP contribution in [-0.4, -0.2) is 19.0 Å². The normalized spacial score (nSPS) is 10.5. The molecule has 0 saturated heterocycles. The minimum absolute atomic E-state index is 0.147. The molecule has 1 aromatic heterocycles. The second-order valence-electron chi connectivity index (χ2n) is 5.41. The average molecular weight is 337 g/mol. The highest BCUT2D eigenvalue weighted by Crippen LogP contribution is 2.26. The average Bonchev–Trinajstić information content (AvgIpc) is 2.64. The third-order valence-electron chi connectivity index (χ3n) is 3.78. The Morgan fingerprint density at radius 2 is 1.80 bits per heavy atom. The Kier molecular flexibility index (Phi) is 4.35. The van der Waals surface area contributed by atoms with Crippen molar-refractivity contribution >= 4 is 28.5 Å². The van der Waals surface area contributed by atoms with E-state index in [2.05, 4.69) is 10.1 Å². The molecule has 0 bridgehead atoms. The highest BCUT2D eigenvalue weighted by molar-refractivity contribution is 6.37. The van der Waals surface area contributed by atoms with E-state index in [1.165, 1.54) is 12.1 Å². The molecule has 0 saturated carbocycles. The molecule has 0 aliphatic rings. The first-order chi connectivity index (χ1) is 12.0. The Hall–Kier alpha value is -3.41. The zero-order valence-corrected chi connectivity index (χ0v) is 13.7. The topological polar surface area (TPSA) is 85.6 Å². The number of rotatable bonds is 2. The summed E-state index contributed by atoms with van der Waals surface area (Å²) in [4.78, 5) is 35.4. The van der Waals surface area contributed by atoms with E-state index in [0.717, 1.165) is 12.7 Å². The number of nitrogens with one attached hydrogen (secondary N) is 1. The Bertz CT molecular complexity index is 1020. The highest BCUT2D eigenvalue weighted by atomic mass is 16.5. The second-order valence-corrected chi connectivity index (χ2v) is 5.41. The lowest BCUT2D eigenvalue weighted by Crippen LogP contribution is -2.23. The minimum atomic E-state index is -1.00. The van der Waals surface area contributed by atoms with Gasteiger partial charge in [-0.05, 0) is 19.1 Å². The highest BCUT2D eigenvalue weighted by Gasteiger charge is 2.16. The van der Waals surface area contributed by atoms with Gasteiger partial charge in [0.05, 0.1) is 12.5 Å². The number of hydrogen-bond donors (Lipinski definition) is 1. The summed E-state index contributed by atoms with van der Waals surface area (Å²) in [5.41, 5.74) is 1.78. The van der Waals surface area contributed by atoms with Crippen molar-refractivity contribution in [3.63, 3.8) is 0 Å². The fourth-order valence-corrected chi connectivity index (χ4v) is 2.50. The van der Waals surface area contributed by atoms with Crippen molar-refractivity contribution in [1.82, 2.24) is 0 Å². The molecule has 1 N–H and O–H groups in total. The number of fused-ring (bicyclic) bond motifs is 1. The minimum Gasteiger partial charge on any atom is -0.462 e. The number of amides is 1. The van der Waals surface area contributed by atoms with Crippen molar-refractivity contribution in [2.75, 3.05) is 12.4 Å². The van der Waals surface area contributed by atoms with Gasteiger partial charge in [0, 0.05) is 22.9 Å². The Morgan fingerprint density at radius 3 is 2.48 bits per heavy atom. The maximum Gasteiger partial charge on any atom is 0.396 e. The smallest absolute Gasteiger partial charge is 0.396 e. The lowest BCUT2D eigenvalue weighted by molar-refractivity contribution is -0.150. The van der Waals surface area contributed by atoms with Gasteiger partial charge < -0.3 is 14.5 Å². The maximum atomic E-state index is 12.6. The molecule has 0 unspecified atom stereocenters. The number of benzene rings is 2. The number of carbonyl (C=O) groups is 2. The molecule has 25 heavy (non-hydrogen) atoms. The molecule has 3 aromatic rings. The van der Waals surface area contributed by atoms with Gasteiger partial charge >= 0.3 is 11.9 Å². The fraction of sp³-hybridized carbons (Fsp3) is 0.105. The van der Waals surface area contributed by atoms with Crippen LogP contribution in [0.1, 0.15) is 5.56 Å². The van der Waals surface area contributed by atoms with Crippen molar-refractivity contribution in [1.29, 1.82) is 0 Å². The van der Waals surface area contributed by atoms with E-state index in [1.54, 1.807) is 13.0 Å². The van der Waals surface area contributed by atoms with E-state index in [4.69, 9.17) is 4.42 Å². The first-order valence-electron chi connectivity index (χ1n) is 7.53. The molecular formula is C19H15NO5. The van der Waals surface area contributed by atoms with Crippen LogP contribution < -0.4 is 10.7 Å². The zero-order chi connectivity index (χ0) is 18.0. The molecule has 0 fully saturated rings. The van der Waals surface area contributed by atoms with E-state index < -0.39 is 11.9 Å². The van der Waals surface area contributed by atoms with Crippen molar-refractivity contribution in [3.05, 3.63) is 64.3 Å². The zero-order valence-electron chi connectivity index (χ0n) is 13.7.